The van der Waals surface area contributed by atoms with Crippen molar-refractivity contribution in [2.45, 2.75) is 24.7 Å². The SMILES string of the molecule is CCCCOc1ccc(NC(=O)CSc2ccc(NC(=O)/C=C/c3ccccc3)cc2)cc1. The van der Waals surface area contributed by atoms with Crippen LogP contribution in [0.5, 0.6) is 5.75 Å². The largest absolute Gasteiger partial charge is 0.494 e. The van der Waals surface area contributed by atoms with Gasteiger partial charge >= 0.3 is 0 Å². The summed E-state index contributed by atoms with van der Waals surface area (Å²) in [6.45, 7) is 2.82. The number of nitrogens with one attached hydrogen (secondary N) is 2. The quantitative estimate of drug-likeness (QED) is 0.202. The van der Waals surface area contributed by atoms with Crippen LogP contribution in [0, 0.1) is 0 Å². The Kier molecular flexibility index (Phi) is 9.61. The minimum Gasteiger partial charge on any atom is -0.494 e. The van der Waals surface area contributed by atoms with Crippen LogP contribution in [0.4, 0.5) is 11.4 Å². The van der Waals surface area contributed by atoms with Crippen LogP contribution in [0.1, 0.15) is 25.3 Å². The van der Waals surface area contributed by atoms with E-state index in [0.29, 0.717) is 18.0 Å². The van der Waals surface area contributed by atoms with Crippen molar-refractivity contribution in [2.75, 3.05) is 23.0 Å². The van der Waals surface area contributed by atoms with Gasteiger partial charge in [-0.1, -0.05) is 43.7 Å². The minimum absolute atomic E-state index is 0.0805. The van der Waals surface area contributed by atoms with E-state index in [2.05, 4.69) is 17.6 Å². The summed E-state index contributed by atoms with van der Waals surface area (Å²) in [5.41, 5.74) is 2.41. The van der Waals surface area contributed by atoms with Crippen LogP contribution in [0.15, 0.2) is 89.8 Å². The zero-order chi connectivity index (χ0) is 23.3. The molecule has 0 radical (unpaired) electrons. The van der Waals surface area contributed by atoms with Gasteiger partial charge in [-0.25, -0.2) is 0 Å². The van der Waals surface area contributed by atoms with Crippen molar-refractivity contribution in [2.24, 2.45) is 0 Å². The van der Waals surface area contributed by atoms with Crippen molar-refractivity contribution < 1.29 is 14.3 Å². The first-order valence-electron chi connectivity index (χ1n) is 10.9. The summed E-state index contributed by atoms with van der Waals surface area (Å²) in [4.78, 5) is 25.3. The molecule has 33 heavy (non-hydrogen) atoms. The number of ether oxygens (including phenoxy) is 1. The highest BCUT2D eigenvalue weighted by atomic mass is 32.2. The molecule has 2 amide bonds. The van der Waals surface area contributed by atoms with Gasteiger partial charge in [-0.2, -0.15) is 0 Å². The maximum Gasteiger partial charge on any atom is 0.248 e. The number of hydrogen-bond donors (Lipinski definition) is 2. The normalized spacial score (nSPS) is 10.7. The van der Waals surface area contributed by atoms with Crippen molar-refractivity contribution in [1.29, 1.82) is 0 Å². The average Bonchev–Trinajstić information content (AvgIpc) is 2.84. The number of carbonyl (C=O) groups is 2. The van der Waals surface area contributed by atoms with Crippen LogP contribution < -0.4 is 15.4 Å². The lowest BCUT2D eigenvalue weighted by molar-refractivity contribution is -0.114. The number of benzene rings is 3. The monoisotopic (exact) mass is 460 g/mol. The molecule has 0 atom stereocenters. The van der Waals surface area contributed by atoms with Crippen molar-refractivity contribution in [3.8, 4) is 5.75 Å². The van der Waals surface area contributed by atoms with Crippen molar-refractivity contribution >= 4 is 41.0 Å². The highest BCUT2D eigenvalue weighted by Gasteiger charge is 2.05. The number of rotatable bonds is 11. The lowest BCUT2D eigenvalue weighted by atomic mass is 10.2. The van der Waals surface area contributed by atoms with Crippen LogP contribution in [-0.4, -0.2) is 24.2 Å². The van der Waals surface area contributed by atoms with Gasteiger partial charge in [0.05, 0.1) is 12.4 Å². The fraction of sp³-hybridized carbons (Fsp3) is 0.185. The third-order valence-corrected chi connectivity index (χ3v) is 5.64. The second-order valence-corrected chi connectivity index (χ2v) is 8.37. The molecule has 5 nitrogen and oxygen atoms in total. The van der Waals surface area contributed by atoms with Gasteiger partial charge in [0, 0.05) is 22.3 Å². The average molecular weight is 461 g/mol. The molecule has 0 spiro atoms. The maximum atomic E-state index is 12.3. The molecule has 0 unspecified atom stereocenters. The Morgan fingerprint density at radius 1 is 0.879 bits per heavy atom. The van der Waals surface area contributed by atoms with Crippen LogP contribution in [0.2, 0.25) is 0 Å². The Morgan fingerprint density at radius 3 is 2.24 bits per heavy atom. The molecule has 0 aliphatic rings. The fourth-order valence-corrected chi connectivity index (χ4v) is 3.57. The second-order valence-electron chi connectivity index (χ2n) is 7.32. The van der Waals surface area contributed by atoms with Gasteiger partial charge in [0.15, 0.2) is 0 Å². The van der Waals surface area contributed by atoms with E-state index < -0.39 is 0 Å². The Bertz CT molecular complexity index is 1050. The summed E-state index contributed by atoms with van der Waals surface area (Å²) in [5.74, 6) is 0.822. The minimum atomic E-state index is -0.194. The lowest BCUT2D eigenvalue weighted by Crippen LogP contribution is -2.13. The summed E-state index contributed by atoms with van der Waals surface area (Å²) < 4.78 is 5.63. The first-order chi connectivity index (χ1) is 16.1. The summed E-state index contributed by atoms with van der Waals surface area (Å²) >= 11 is 1.44. The van der Waals surface area contributed by atoms with E-state index in [9.17, 15) is 9.59 Å². The van der Waals surface area contributed by atoms with Gasteiger partial charge < -0.3 is 15.4 Å². The molecule has 0 fully saturated rings. The highest BCUT2D eigenvalue weighted by Crippen LogP contribution is 2.21. The molecule has 0 heterocycles. The summed E-state index contributed by atoms with van der Waals surface area (Å²) in [7, 11) is 0. The van der Waals surface area contributed by atoms with E-state index in [1.165, 1.54) is 17.8 Å². The predicted molar refractivity (Wildman–Crippen MR) is 137 cm³/mol. The smallest absolute Gasteiger partial charge is 0.248 e. The molecule has 0 aromatic heterocycles. The van der Waals surface area contributed by atoms with E-state index in [-0.39, 0.29) is 11.8 Å². The summed E-state index contributed by atoms with van der Waals surface area (Å²) in [5, 5.41) is 5.72. The molecule has 6 heteroatoms. The first kappa shape index (κ1) is 24.1. The molecule has 2 N–H and O–H groups in total. The van der Waals surface area contributed by atoms with E-state index in [0.717, 1.165) is 34.7 Å². The predicted octanol–water partition coefficient (Wildman–Crippen LogP) is 6.25. The van der Waals surface area contributed by atoms with Crippen molar-refractivity contribution in [3.05, 3.63) is 90.5 Å². The van der Waals surface area contributed by atoms with Gasteiger partial charge in [-0.15, -0.1) is 11.8 Å². The molecule has 170 valence electrons. The van der Waals surface area contributed by atoms with E-state index in [1.807, 2.05) is 78.9 Å². The van der Waals surface area contributed by atoms with Crippen LogP contribution in [0.25, 0.3) is 6.08 Å². The maximum absolute atomic E-state index is 12.3. The first-order valence-corrected chi connectivity index (χ1v) is 11.9. The Balaban J connectivity index is 1.41. The van der Waals surface area contributed by atoms with Crippen molar-refractivity contribution in [1.82, 2.24) is 0 Å². The number of hydrogen-bond acceptors (Lipinski definition) is 4. The Hall–Kier alpha value is -3.51. The molecule has 0 saturated heterocycles. The molecular formula is C27H28N2O3S. The van der Waals surface area contributed by atoms with E-state index >= 15 is 0 Å². The van der Waals surface area contributed by atoms with Gasteiger partial charge in [0.1, 0.15) is 5.75 Å². The van der Waals surface area contributed by atoms with Gasteiger partial charge in [0.25, 0.3) is 0 Å². The van der Waals surface area contributed by atoms with E-state index in [1.54, 1.807) is 6.08 Å². The molecule has 3 aromatic carbocycles. The molecule has 0 saturated carbocycles. The molecule has 3 aromatic rings. The number of anilines is 2. The van der Waals surface area contributed by atoms with Crippen LogP contribution in [0.3, 0.4) is 0 Å². The second kappa shape index (κ2) is 13.1. The number of amides is 2. The third kappa shape index (κ3) is 8.86. The number of carbonyl (C=O) groups excluding carboxylic acids is 2. The van der Waals surface area contributed by atoms with E-state index in [4.69, 9.17) is 4.74 Å². The van der Waals surface area contributed by atoms with Crippen molar-refractivity contribution in [3.63, 3.8) is 0 Å². The molecule has 0 aliphatic carbocycles. The summed E-state index contributed by atoms with van der Waals surface area (Å²) in [6, 6.07) is 24.5. The number of thioether (sulfide) groups is 1. The van der Waals surface area contributed by atoms with Gasteiger partial charge in [0.2, 0.25) is 11.8 Å². The van der Waals surface area contributed by atoms with Crippen LogP contribution in [-0.2, 0) is 9.59 Å². The Labute approximate surface area is 199 Å². The standard InChI is InChI=1S/C27H28N2O3S/c1-2-3-19-32-24-14-10-22(11-15-24)29-27(31)20-33-25-16-12-23(13-17-25)28-26(30)18-9-21-7-5-4-6-8-21/h4-18H,2-3,19-20H2,1H3,(H,28,30)(H,29,31)/b18-9+. The molecular weight excluding hydrogens is 432 g/mol. The molecule has 0 bridgehead atoms. The molecule has 3 rings (SSSR count). The number of unbranched alkanes of at least 4 members (excludes halogenated alkanes) is 1. The zero-order valence-electron chi connectivity index (χ0n) is 18.6. The summed E-state index contributed by atoms with van der Waals surface area (Å²) in [6.07, 6.45) is 5.39. The highest BCUT2D eigenvalue weighted by molar-refractivity contribution is 8.00. The third-order valence-electron chi connectivity index (χ3n) is 4.62. The zero-order valence-corrected chi connectivity index (χ0v) is 19.4. The fourth-order valence-electron chi connectivity index (χ4n) is 2.87. The van der Waals surface area contributed by atoms with Gasteiger partial charge in [-0.3, -0.25) is 9.59 Å². The van der Waals surface area contributed by atoms with Gasteiger partial charge in [-0.05, 0) is 66.6 Å². The topological polar surface area (TPSA) is 67.4 Å². The molecule has 0 aliphatic heterocycles. The lowest BCUT2D eigenvalue weighted by Gasteiger charge is -2.08. The Morgan fingerprint density at radius 2 is 1.55 bits per heavy atom. The van der Waals surface area contributed by atoms with Crippen LogP contribution >= 0.6 is 11.8 Å².